The van der Waals surface area contributed by atoms with Crippen LogP contribution in [-0.2, 0) is 0 Å². The molecule has 2 heterocycles. The van der Waals surface area contributed by atoms with E-state index in [1.165, 1.54) is 25.7 Å². The first-order chi connectivity index (χ1) is 7.90. The number of nitrogens with one attached hydrogen (secondary N) is 1. The van der Waals surface area contributed by atoms with Crippen molar-refractivity contribution in [2.24, 2.45) is 0 Å². The summed E-state index contributed by atoms with van der Waals surface area (Å²) in [5.74, 6) is 0.523. The summed E-state index contributed by atoms with van der Waals surface area (Å²) >= 11 is 0. The molecule has 0 bridgehead atoms. The highest BCUT2D eigenvalue weighted by Crippen LogP contribution is 2.36. The van der Waals surface area contributed by atoms with E-state index in [-0.39, 0.29) is 0 Å². The van der Waals surface area contributed by atoms with Gasteiger partial charge in [-0.25, -0.2) is 0 Å². The summed E-state index contributed by atoms with van der Waals surface area (Å²) in [4.78, 5) is 18.8. The van der Waals surface area contributed by atoms with Crippen LogP contribution in [0.4, 0.5) is 0 Å². The molecule has 0 amide bonds. The van der Waals surface area contributed by atoms with Crippen LogP contribution in [-0.4, -0.2) is 16.3 Å². The van der Waals surface area contributed by atoms with Gasteiger partial charge in [-0.15, -0.1) is 0 Å². The van der Waals surface area contributed by atoms with Crippen LogP contribution in [0.25, 0.3) is 11.0 Å². The minimum absolute atomic E-state index is 0.523. The Labute approximate surface area is 93.9 Å². The van der Waals surface area contributed by atoms with Crippen molar-refractivity contribution < 1.29 is 4.79 Å². The molecule has 1 aliphatic rings. The molecular weight excluding hydrogens is 200 g/mol. The number of rotatable bonds is 2. The average Bonchev–Trinajstić information content (AvgIpc) is 2.95. The number of hydrogen-bond acceptors (Lipinski definition) is 2. The van der Waals surface area contributed by atoms with Crippen LogP contribution in [0, 0.1) is 0 Å². The van der Waals surface area contributed by atoms with Crippen molar-refractivity contribution >= 4 is 17.3 Å². The fourth-order valence-electron chi connectivity index (χ4n) is 2.72. The number of aromatic amines is 1. The van der Waals surface area contributed by atoms with Gasteiger partial charge in [0, 0.05) is 11.9 Å². The number of carbonyl (C=O) groups excluding carboxylic acids is 1. The van der Waals surface area contributed by atoms with Crippen LogP contribution in [0.3, 0.4) is 0 Å². The molecule has 0 spiro atoms. The number of nitrogens with zero attached hydrogens (tertiary/aromatic N) is 1. The van der Waals surface area contributed by atoms with Crippen molar-refractivity contribution in [2.75, 3.05) is 0 Å². The number of H-pyrrole nitrogens is 1. The second kappa shape index (κ2) is 3.74. The van der Waals surface area contributed by atoms with Gasteiger partial charge in [0.05, 0.1) is 16.6 Å². The van der Waals surface area contributed by atoms with Gasteiger partial charge in [0.2, 0.25) is 0 Å². The first-order valence-electron chi connectivity index (χ1n) is 5.82. The lowest BCUT2D eigenvalue weighted by molar-refractivity contribution is 0.112. The van der Waals surface area contributed by atoms with Gasteiger partial charge in [-0.05, 0) is 30.9 Å². The molecule has 16 heavy (non-hydrogen) atoms. The summed E-state index contributed by atoms with van der Waals surface area (Å²) in [6, 6.07) is 3.87. The Morgan fingerprint density at radius 2 is 2.19 bits per heavy atom. The second-order valence-electron chi connectivity index (χ2n) is 4.45. The van der Waals surface area contributed by atoms with Gasteiger partial charge in [0.1, 0.15) is 0 Å². The van der Waals surface area contributed by atoms with E-state index in [9.17, 15) is 4.79 Å². The smallest absolute Gasteiger partial charge is 0.154 e. The van der Waals surface area contributed by atoms with Gasteiger partial charge in [-0.3, -0.25) is 9.78 Å². The topological polar surface area (TPSA) is 45.8 Å². The molecule has 1 fully saturated rings. The highest BCUT2D eigenvalue weighted by Gasteiger charge is 2.23. The minimum atomic E-state index is 0.523. The molecule has 3 heteroatoms. The fraction of sp³-hybridized carbons (Fsp3) is 0.385. The Kier molecular flexibility index (Phi) is 2.24. The molecule has 0 saturated heterocycles. The molecule has 0 unspecified atom stereocenters. The number of hydrogen-bond donors (Lipinski definition) is 1. The van der Waals surface area contributed by atoms with Crippen molar-refractivity contribution in [3.63, 3.8) is 0 Å². The van der Waals surface area contributed by atoms with Crippen LogP contribution >= 0.6 is 0 Å². The zero-order valence-corrected chi connectivity index (χ0v) is 9.07. The maximum Gasteiger partial charge on any atom is 0.154 e. The molecule has 0 aromatic carbocycles. The standard InChI is InChI=1S/C13H14N2O/c16-8-10-12(9-4-1-2-5-9)15-11-6-3-7-14-13(10)11/h3,6-9,15H,1-2,4-5H2. The largest absolute Gasteiger partial charge is 0.356 e. The van der Waals surface area contributed by atoms with E-state index in [0.717, 1.165) is 28.6 Å². The number of pyridine rings is 1. The monoisotopic (exact) mass is 214 g/mol. The Bertz CT molecular complexity index is 524. The van der Waals surface area contributed by atoms with Crippen molar-refractivity contribution in [3.05, 3.63) is 29.6 Å². The van der Waals surface area contributed by atoms with Crippen LogP contribution in [0.15, 0.2) is 18.3 Å². The van der Waals surface area contributed by atoms with Crippen LogP contribution in [0.2, 0.25) is 0 Å². The van der Waals surface area contributed by atoms with Crippen LogP contribution in [0.5, 0.6) is 0 Å². The van der Waals surface area contributed by atoms with Gasteiger partial charge >= 0.3 is 0 Å². The molecule has 0 aliphatic heterocycles. The summed E-state index contributed by atoms with van der Waals surface area (Å²) < 4.78 is 0. The van der Waals surface area contributed by atoms with E-state index in [2.05, 4.69) is 9.97 Å². The number of aromatic nitrogens is 2. The van der Waals surface area contributed by atoms with Gasteiger partial charge in [-0.1, -0.05) is 12.8 Å². The predicted octanol–water partition coefficient (Wildman–Crippen LogP) is 3.03. The second-order valence-corrected chi connectivity index (χ2v) is 4.45. The zero-order chi connectivity index (χ0) is 11.0. The molecule has 0 radical (unpaired) electrons. The lowest BCUT2D eigenvalue weighted by Gasteiger charge is -2.06. The fourth-order valence-corrected chi connectivity index (χ4v) is 2.72. The molecule has 1 N–H and O–H groups in total. The molecule has 1 aliphatic carbocycles. The maximum absolute atomic E-state index is 11.2. The highest BCUT2D eigenvalue weighted by atomic mass is 16.1. The van der Waals surface area contributed by atoms with E-state index in [1.807, 2.05) is 12.1 Å². The van der Waals surface area contributed by atoms with Crippen molar-refractivity contribution in [3.8, 4) is 0 Å². The molecule has 1 saturated carbocycles. The van der Waals surface area contributed by atoms with E-state index in [1.54, 1.807) is 6.20 Å². The normalized spacial score (nSPS) is 17.0. The third kappa shape index (κ3) is 1.35. The van der Waals surface area contributed by atoms with Crippen molar-refractivity contribution in [1.82, 2.24) is 9.97 Å². The zero-order valence-electron chi connectivity index (χ0n) is 9.07. The molecule has 82 valence electrons. The molecule has 2 aromatic heterocycles. The van der Waals surface area contributed by atoms with E-state index < -0.39 is 0 Å². The summed E-state index contributed by atoms with van der Waals surface area (Å²) in [5.41, 5.74) is 3.66. The van der Waals surface area contributed by atoms with Gasteiger partial charge in [-0.2, -0.15) is 0 Å². The maximum atomic E-state index is 11.2. The molecular formula is C13H14N2O. The SMILES string of the molecule is O=Cc1c(C2CCCC2)[nH]c2cccnc12. The molecule has 0 atom stereocenters. The van der Waals surface area contributed by atoms with Crippen molar-refractivity contribution in [1.29, 1.82) is 0 Å². The summed E-state index contributed by atoms with van der Waals surface area (Å²) in [6.45, 7) is 0. The summed E-state index contributed by atoms with van der Waals surface area (Å²) in [7, 11) is 0. The van der Waals surface area contributed by atoms with Crippen molar-refractivity contribution in [2.45, 2.75) is 31.6 Å². The number of carbonyl (C=O) groups is 1. The van der Waals surface area contributed by atoms with Gasteiger partial charge in [0.25, 0.3) is 0 Å². The number of aldehydes is 1. The van der Waals surface area contributed by atoms with E-state index >= 15 is 0 Å². The number of fused-ring (bicyclic) bond motifs is 1. The van der Waals surface area contributed by atoms with Gasteiger partial charge < -0.3 is 4.98 Å². The lowest BCUT2D eigenvalue weighted by Crippen LogP contribution is -1.96. The Hall–Kier alpha value is -1.64. The summed E-state index contributed by atoms with van der Waals surface area (Å²) in [6.07, 6.45) is 7.60. The van der Waals surface area contributed by atoms with Crippen LogP contribution < -0.4 is 0 Å². The van der Waals surface area contributed by atoms with Gasteiger partial charge in [0.15, 0.2) is 6.29 Å². The van der Waals surface area contributed by atoms with Crippen LogP contribution in [0.1, 0.15) is 47.7 Å². The molecule has 3 nitrogen and oxygen atoms in total. The van der Waals surface area contributed by atoms with E-state index in [4.69, 9.17) is 0 Å². The average molecular weight is 214 g/mol. The molecule has 3 rings (SSSR count). The quantitative estimate of drug-likeness (QED) is 0.781. The minimum Gasteiger partial charge on any atom is -0.356 e. The Balaban J connectivity index is 2.19. The summed E-state index contributed by atoms with van der Waals surface area (Å²) in [5, 5.41) is 0. The lowest BCUT2D eigenvalue weighted by atomic mass is 10.0. The van der Waals surface area contributed by atoms with E-state index in [0.29, 0.717) is 5.92 Å². The Morgan fingerprint density at radius 3 is 2.94 bits per heavy atom. The third-order valence-corrected chi connectivity index (χ3v) is 3.50. The first kappa shape index (κ1) is 9.58. The first-order valence-corrected chi connectivity index (χ1v) is 5.82. The highest BCUT2D eigenvalue weighted by molar-refractivity contribution is 5.96. The molecule has 2 aromatic rings. The third-order valence-electron chi connectivity index (χ3n) is 3.50. The predicted molar refractivity (Wildman–Crippen MR) is 62.7 cm³/mol. The Morgan fingerprint density at radius 1 is 1.38 bits per heavy atom.